The number of aliphatic hydroxyl groups excluding tert-OH is 1. The van der Waals surface area contributed by atoms with Gasteiger partial charge in [0.1, 0.15) is 0 Å². The second-order valence-electron chi connectivity index (χ2n) is 4.88. The largest absolute Gasteiger partial charge is 0.459 e. The number of rotatable bonds is 6. The average Bonchev–Trinajstić information content (AvgIpc) is 2.99. The standard InChI is InChI=1S/C14H22N2O4/c1-2-19-11-12(17)10-15-5-7-16(8-6-15)14(18)13-4-3-9-20-13/h3-4,9,12,17H,2,5-8,10-11H2,1H3/t12-/m1/s1. The Hall–Kier alpha value is -1.37. The van der Waals surface area contributed by atoms with E-state index in [-0.39, 0.29) is 5.91 Å². The Labute approximate surface area is 118 Å². The van der Waals surface area contributed by atoms with Crippen LogP contribution < -0.4 is 0 Å². The van der Waals surface area contributed by atoms with Gasteiger partial charge in [0.2, 0.25) is 0 Å². The van der Waals surface area contributed by atoms with E-state index in [4.69, 9.17) is 9.15 Å². The first-order chi connectivity index (χ1) is 9.70. The second-order valence-corrected chi connectivity index (χ2v) is 4.88. The van der Waals surface area contributed by atoms with Crippen molar-refractivity contribution in [2.45, 2.75) is 13.0 Å². The highest BCUT2D eigenvalue weighted by Gasteiger charge is 2.24. The summed E-state index contributed by atoms with van der Waals surface area (Å²) >= 11 is 0. The minimum absolute atomic E-state index is 0.0653. The Bertz CT molecular complexity index is 399. The number of ether oxygens (including phenoxy) is 1. The summed E-state index contributed by atoms with van der Waals surface area (Å²) in [5.41, 5.74) is 0. The van der Waals surface area contributed by atoms with E-state index < -0.39 is 6.10 Å². The van der Waals surface area contributed by atoms with Crippen LogP contribution in [0.3, 0.4) is 0 Å². The molecule has 6 heteroatoms. The Morgan fingerprint density at radius 3 is 2.80 bits per heavy atom. The Morgan fingerprint density at radius 2 is 2.20 bits per heavy atom. The lowest BCUT2D eigenvalue weighted by Gasteiger charge is -2.35. The number of carbonyl (C=O) groups excluding carboxylic acids is 1. The molecular weight excluding hydrogens is 260 g/mol. The Balaban J connectivity index is 1.73. The highest BCUT2D eigenvalue weighted by atomic mass is 16.5. The van der Waals surface area contributed by atoms with Crippen LogP contribution in [0.5, 0.6) is 0 Å². The molecule has 112 valence electrons. The monoisotopic (exact) mass is 282 g/mol. The molecular formula is C14H22N2O4. The van der Waals surface area contributed by atoms with Crippen molar-refractivity contribution in [2.75, 3.05) is 45.9 Å². The van der Waals surface area contributed by atoms with Crippen molar-refractivity contribution >= 4 is 5.91 Å². The Morgan fingerprint density at radius 1 is 1.45 bits per heavy atom. The van der Waals surface area contributed by atoms with Crippen LogP contribution in [0.15, 0.2) is 22.8 Å². The molecule has 1 aliphatic rings. The molecule has 0 radical (unpaired) electrons. The number of carbonyl (C=O) groups is 1. The maximum atomic E-state index is 12.1. The van der Waals surface area contributed by atoms with Gasteiger partial charge >= 0.3 is 0 Å². The van der Waals surface area contributed by atoms with Crippen LogP contribution in [0.4, 0.5) is 0 Å². The molecule has 1 atom stereocenters. The summed E-state index contributed by atoms with van der Waals surface area (Å²) in [7, 11) is 0. The zero-order valence-electron chi connectivity index (χ0n) is 11.8. The summed E-state index contributed by atoms with van der Waals surface area (Å²) < 4.78 is 10.3. The van der Waals surface area contributed by atoms with E-state index in [1.807, 2.05) is 6.92 Å². The molecule has 2 heterocycles. The quantitative estimate of drug-likeness (QED) is 0.820. The van der Waals surface area contributed by atoms with Crippen LogP contribution in [0.1, 0.15) is 17.5 Å². The fraction of sp³-hybridized carbons (Fsp3) is 0.643. The first kappa shape index (κ1) is 15.0. The topological polar surface area (TPSA) is 66.2 Å². The fourth-order valence-electron chi connectivity index (χ4n) is 2.29. The van der Waals surface area contributed by atoms with Gasteiger partial charge in [-0.15, -0.1) is 0 Å². The van der Waals surface area contributed by atoms with Crippen LogP contribution in [0, 0.1) is 0 Å². The molecule has 0 unspecified atom stereocenters. The number of β-amino-alcohol motifs (C(OH)–C–C–N with tert-alkyl or cyclic N) is 1. The van der Waals surface area contributed by atoms with Gasteiger partial charge < -0.3 is 19.2 Å². The molecule has 1 fully saturated rings. The Kier molecular flexibility index (Phi) is 5.58. The van der Waals surface area contributed by atoms with Crippen molar-refractivity contribution < 1.29 is 19.1 Å². The lowest BCUT2D eigenvalue weighted by molar-refractivity contribution is 0.0107. The van der Waals surface area contributed by atoms with E-state index in [1.165, 1.54) is 6.26 Å². The van der Waals surface area contributed by atoms with Crippen molar-refractivity contribution in [3.63, 3.8) is 0 Å². The van der Waals surface area contributed by atoms with Gasteiger partial charge in [-0.3, -0.25) is 9.69 Å². The summed E-state index contributed by atoms with van der Waals surface area (Å²) in [6, 6.07) is 3.40. The lowest BCUT2D eigenvalue weighted by Crippen LogP contribution is -2.50. The highest BCUT2D eigenvalue weighted by Crippen LogP contribution is 2.09. The van der Waals surface area contributed by atoms with Crippen LogP contribution in [0.2, 0.25) is 0 Å². The first-order valence-corrected chi connectivity index (χ1v) is 7.01. The smallest absolute Gasteiger partial charge is 0.289 e. The summed E-state index contributed by atoms with van der Waals surface area (Å²) in [6.07, 6.45) is 1.04. The van der Waals surface area contributed by atoms with Gasteiger partial charge in [0.25, 0.3) is 5.91 Å². The molecule has 0 saturated carbocycles. The van der Waals surface area contributed by atoms with E-state index in [9.17, 15) is 9.90 Å². The SMILES string of the molecule is CCOC[C@H](O)CN1CCN(C(=O)c2ccco2)CC1. The predicted molar refractivity (Wildman–Crippen MR) is 73.6 cm³/mol. The number of furan rings is 1. The van der Waals surface area contributed by atoms with E-state index in [2.05, 4.69) is 4.90 Å². The van der Waals surface area contributed by atoms with Crippen molar-refractivity contribution in [3.05, 3.63) is 24.2 Å². The molecule has 2 rings (SSSR count). The summed E-state index contributed by atoms with van der Waals surface area (Å²) in [5.74, 6) is 0.319. The molecule has 1 aromatic rings. The van der Waals surface area contributed by atoms with Crippen molar-refractivity contribution in [1.82, 2.24) is 9.80 Å². The van der Waals surface area contributed by atoms with Crippen molar-refractivity contribution in [2.24, 2.45) is 0 Å². The molecule has 0 aromatic carbocycles. The van der Waals surface area contributed by atoms with E-state index in [1.54, 1.807) is 17.0 Å². The number of aliphatic hydroxyl groups is 1. The average molecular weight is 282 g/mol. The number of piperazine rings is 1. The van der Waals surface area contributed by atoms with Gasteiger partial charge in [-0.1, -0.05) is 0 Å². The van der Waals surface area contributed by atoms with Crippen LogP contribution in [-0.2, 0) is 4.74 Å². The first-order valence-electron chi connectivity index (χ1n) is 7.01. The molecule has 0 spiro atoms. The lowest BCUT2D eigenvalue weighted by atomic mass is 10.2. The highest BCUT2D eigenvalue weighted by molar-refractivity contribution is 5.91. The van der Waals surface area contributed by atoms with Crippen LogP contribution >= 0.6 is 0 Å². The number of nitrogens with zero attached hydrogens (tertiary/aromatic N) is 2. The van der Waals surface area contributed by atoms with E-state index in [0.717, 1.165) is 13.1 Å². The molecule has 1 aromatic heterocycles. The maximum absolute atomic E-state index is 12.1. The molecule has 0 bridgehead atoms. The van der Waals surface area contributed by atoms with Gasteiger partial charge in [-0.2, -0.15) is 0 Å². The van der Waals surface area contributed by atoms with Crippen LogP contribution in [-0.4, -0.2) is 72.9 Å². The van der Waals surface area contributed by atoms with Crippen LogP contribution in [0.25, 0.3) is 0 Å². The number of amides is 1. The summed E-state index contributed by atoms with van der Waals surface area (Å²) in [5, 5.41) is 9.80. The summed E-state index contributed by atoms with van der Waals surface area (Å²) in [4.78, 5) is 16.0. The van der Waals surface area contributed by atoms with E-state index in [0.29, 0.717) is 38.6 Å². The molecule has 0 aliphatic carbocycles. The second kappa shape index (κ2) is 7.42. The molecule has 1 saturated heterocycles. The maximum Gasteiger partial charge on any atom is 0.289 e. The van der Waals surface area contributed by atoms with Gasteiger partial charge in [0, 0.05) is 39.3 Å². The molecule has 1 amide bonds. The van der Waals surface area contributed by atoms with Gasteiger partial charge in [-0.25, -0.2) is 0 Å². The minimum Gasteiger partial charge on any atom is -0.459 e. The zero-order chi connectivity index (χ0) is 14.4. The molecule has 1 N–H and O–H groups in total. The normalized spacial score (nSPS) is 18.2. The fourth-order valence-corrected chi connectivity index (χ4v) is 2.29. The summed E-state index contributed by atoms with van der Waals surface area (Å²) in [6.45, 7) is 6.30. The predicted octanol–water partition coefficient (Wildman–Crippen LogP) is 0.435. The van der Waals surface area contributed by atoms with Gasteiger partial charge in [-0.05, 0) is 19.1 Å². The van der Waals surface area contributed by atoms with Gasteiger partial charge in [0.15, 0.2) is 5.76 Å². The third kappa shape index (κ3) is 4.06. The third-order valence-corrected chi connectivity index (χ3v) is 3.37. The zero-order valence-corrected chi connectivity index (χ0v) is 11.8. The molecule has 20 heavy (non-hydrogen) atoms. The minimum atomic E-state index is -0.470. The van der Waals surface area contributed by atoms with Crippen molar-refractivity contribution in [3.8, 4) is 0 Å². The third-order valence-electron chi connectivity index (χ3n) is 3.37. The van der Waals surface area contributed by atoms with E-state index >= 15 is 0 Å². The molecule has 1 aliphatic heterocycles. The van der Waals surface area contributed by atoms with Gasteiger partial charge in [0.05, 0.1) is 19.0 Å². The number of hydrogen-bond donors (Lipinski definition) is 1. The number of hydrogen-bond acceptors (Lipinski definition) is 5. The molecule has 6 nitrogen and oxygen atoms in total. The van der Waals surface area contributed by atoms with Crippen molar-refractivity contribution in [1.29, 1.82) is 0 Å².